The summed E-state index contributed by atoms with van der Waals surface area (Å²) in [6, 6.07) is 7.00. The number of benzene rings is 2. The average Bonchev–Trinajstić information content (AvgIpc) is 2.58. The number of aromatic hydroxyl groups is 1. The molecule has 2 rings (SSSR count). The fourth-order valence-corrected chi connectivity index (χ4v) is 5.06. The smallest absolute Gasteiger partial charge is 0.277 e. The second kappa shape index (κ2) is 10.6. The van der Waals surface area contributed by atoms with E-state index in [4.69, 9.17) is 9.47 Å². The first kappa shape index (κ1) is 22.4. The maximum atomic E-state index is 11.9. The number of hydrazone groups is 1. The monoisotopic (exact) mass is 674 g/mol. The number of nitrogens with one attached hydrogen (secondary N) is 1. The van der Waals surface area contributed by atoms with Crippen LogP contribution in [0.25, 0.3) is 0 Å². The summed E-state index contributed by atoms with van der Waals surface area (Å²) in [6.45, 7) is 2.06. The van der Waals surface area contributed by atoms with Crippen LogP contribution >= 0.6 is 70.4 Å². The third-order valence-corrected chi connectivity index (χ3v) is 5.52. The highest BCUT2D eigenvalue weighted by atomic mass is 127. The van der Waals surface area contributed by atoms with E-state index in [1.165, 1.54) is 6.21 Å². The lowest BCUT2D eigenvalue weighted by Gasteiger charge is -2.10. The highest BCUT2D eigenvalue weighted by Crippen LogP contribution is 2.36. The fraction of sp³-hybridized carbons (Fsp3) is 0.176. The van der Waals surface area contributed by atoms with E-state index >= 15 is 0 Å². The van der Waals surface area contributed by atoms with Crippen molar-refractivity contribution in [3.63, 3.8) is 0 Å². The zero-order chi connectivity index (χ0) is 20.0. The largest absolute Gasteiger partial charge is 0.504 e. The van der Waals surface area contributed by atoms with Gasteiger partial charge in [0.25, 0.3) is 5.91 Å². The zero-order valence-electron chi connectivity index (χ0n) is 13.9. The molecule has 0 bridgehead atoms. The zero-order valence-corrected chi connectivity index (χ0v) is 20.8. The maximum absolute atomic E-state index is 11.9. The molecule has 27 heavy (non-hydrogen) atoms. The molecule has 0 unspecified atom stereocenters. The Balaban J connectivity index is 1.96. The van der Waals surface area contributed by atoms with Crippen molar-refractivity contribution in [2.75, 3.05) is 13.2 Å². The number of nitrogens with zero attached hydrogens (tertiary/aromatic N) is 1. The van der Waals surface area contributed by atoms with E-state index < -0.39 is 5.91 Å². The van der Waals surface area contributed by atoms with Crippen molar-refractivity contribution < 1.29 is 19.4 Å². The number of amides is 1. The molecule has 2 aromatic rings. The van der Waals surface area contributed by atoms with Gasteiger partial charge in [-0.1, -0.05) is 15.9 Å². The first-order valence-electron chi connectivity index (χ1n) is 7.56. The summed E-state index contributed by atoms with van der Waals surface area (Å²) in [5.74, 6) is 0.557. The van der Waals surface area contributed by atoms with Gasteiger partial charge in [-0.15, -0.1) is 0 Å². The van der Waals surface area contributed by atoms with Crippen LogP contribution in [0.5, 0.6) is 17.2 Å². The number of hydrogen-bond acceptors (Lipinski definition) is 5. The quantitative estimate of drug-likeness (QED) is 0.240. The summed E-state index contributed by atoms with van der Waals surface area (Å²) in [6.07, 6.45) is 1.47. The molecule has 0 aliphatic rings. The number of carbonyl (C=O) groups excluding carboxylic acids is 1. The molecule has 0 heterocycles. The molecule has 144 valence electrons. The topological polar surface area (TPSA) is 80.2 Å². The molecule has 0 saturated heterocycles. The van der Waals surface area contributed by atoms with Crippen LogP contribution in [-0.4, -0.2) is 30.4 Å². The van der Waals surface area contributed by atoms with Gasteiger partial charge in [-0.25, -0.2) is 5.43 Å². The molecule has 10 heteroatoms. The van der Waals surface area contributed by atoms with E-state index in [1.54, 1.807) is 12.1 Å². The minimum absolute atomic E-state index is 0.0812. The first-order valence-corrected chi connectivity index (χ1v) is 11.0. The Morgan fingerprint density at radius 1 is 1.22 bits per heavy atom. The van der Waals surface area contributed by atoms with Crippen molar-refractivity contribution in [2.24, 2.45) is 5.10 Å². The third kappa shape index (κ3) is 6.61. The van der Waals surface area contributed by atoms with Gasteiger partial charge in [0.05, 0.1) is 25.3 Å². The third-order valence-electron chi connectivity index (χ3n) is 3.06. The van der Waals surface area contributed by atoms with Crippen LogP contribution in [0.4, 0.5) is 0 Å². The van der Waals surface area contributed by atoms with Crippen LogP contribution < -0.4 is 14.9 Å². The van der Waals surface area contributed by atoms with E-state index in [1.807, 2.05) is 41.6 Å². The van der Waals surface area contributed by atoms with Crippen molar-refractivity contribution in [1.82, 2.24) is 5.43 Å². The molecule has 2 N–H and O–H groups in total. The van der Waals surface area contributed by atoms with Crippen molar-refractivity contribution >= 4 is 82.5 Å². The van der Waals surface area contributed by atoms with Gasteiger partial charge in [0.15, 0.2) is 18.1 Å². The molecule has 0 atom stereocenters. The van der Waals surface area contributed by atoms with Gasteiger partial charge in [-0.2, -0.15) is 5.10 Å². The predicted molar refractivity (Wildman–Crippen MR) is 123 cm³/mol. The molecule has 0 aliphatic carbocycles. The summed E-state index contributed by atoms with van der Waals surface area (Å²) < 4.78 is 13.8. The molecule has 0 fully saturated rings. The second-order valence-corrected chi connectivity index (χ2v) is 8.85. The van der Waals surface area contributed by atoms with Gasteiger partial charge < -0.3 is 14.6 Å². The molecule has 1 amide bonds. The van der Waals surface area contributed by atoms with E-state index in [9.17, 15) is 9.90 Å². The van der Waals surface area contributed by atoms with Gasteiger partial charge in [0.1, 0.15) is 5.75 Å². The molecule has 0 saturated carbocycles. The Kier molecular flexibility index (Phi) is 8.83. The Bertz CT molecular complexity index is 854. The number of phenolic OH excluding ortho intramolecular Hbond substituents is 1. The molecule has 0 spiro atoms. The summed E-state index contributed by atoms with van der Waals surface area (Å²) >= 11 is 12.1. The molecule has 0 aliphatic heterocycles. The van der Waals surface area contributed by atoms with Crippen LogP contribution in [0.2, 0.25) is 0 Å². The van der Waals surface area contributed by atoms with E-state index in [0.717, 1.165) is 4.47 Å². The Morgan fingerprint density at radius 3 is 2.52 bits per heavy atom. The minimum Gasteiger partial charge on any atom is -0.504 e. The Labute approximate surface area is 195 Å². The van der Waals surface area contributed by atoms with Gasteiger partial charge in [0, 0.05) is 4.47 Å². The van der Waals surface area contributed by atoms with Crippen LogP contribution in [-0.2, 0) is 4.79 Å². The van der Waals surface area contributed by atoms with E-state index in [2.05, 4.69) is 58.3 Å². The van der Waals surface area contributed by atoms with Crippen molar-refractivity contribution in [1.29, 1.82) is 0 Å². The number of ether oxygens (including phenoxy) is 2. The average molecular weight is 677 g/mol. The van der Waals surface area contributed by atoms with Crippen LogP contribution in [0.3, 0.4) is 0 Å². The Hall–Kier alpha value is -0.850. The van der Waals surface area contributed by atoms with Gasteiger partial charge >= 0.3 is 0 Å². The van der Waals surface area contributed by atoms with Crippen LogP contribution in [0.15, 0.2) is 42.8 Å². The fourth-order valence-electron chi connectivity index (χ4n) is 1.95. The van der Waals surface area contributed by atoms with E-state index in [0.29, 0.717) is 36.2 Å². The number of halogens is 4. The predicted octanol–water partition coefficient (Wildman–Crippen LogP) is 5.21. The lowest BCUT2D eigenvalue weighted by atomic mass is 10.2. The lowest BCUT2D eigenvalue weighted by molar-refractivity contribution is -0.123. The number of rotatable bonds is 7. The summed E-state index contributed by atoms with van der Waals surface area (Å²) in [5, 5.41) is 13.8. The number of carbonyl (C=O) groups is 1. The van der Waals surface area contributed by atoms with Crippen LogP contribution in [0.1, 0.15) is 12.5 Å². The molecule has 6 nitrogen and oxygen atoms in total. The summed E-state index contributed by atoms with van der Waals surface area (Å²) in [5.41, 5.74) is 3.08. The number of hydrogen-bond donors (Lipinski definition) is 2. The highest BCUT2D eigenvalue weighted by molar-refractivity contribution is 14.1. The van der Waals surface area contributed by atoms with Crippen molar-refractivity contribution in [2.45, 2.75) is 6.92 Å². The summed E-state index contributed by atoms with van der Waals surface area (Å²) in [7, 11) is 0. The molecular formula is C17H14Br3IN2O4. The maximum Gasteiger partial charge on any atom is 0.277 e. The molecule has 0 radical (unpaired) electrons. The molecule has 2 aromatic carbocycles. The normalized spacial score (nSPS) is 10.9. The van der Waals surface area contributed by atoms with Gasteiger partial charge in [0.2, 0.25) is 0 Å². The second-order valence-electron chi connectivity index (χ2n) is 5.06. The summed E-state index contributed by atoms with van der Waals surface area (Å²) in [4.78, 5) is 11.9. The standard InChI is InChI=1S/C17H14Br3IN2O4/c1-2-26-14-4-9(3-13(21)16(14)25)7-22-23-15(24)8-27-17-11(19)5-10(18)6-12(17)20/h3-7,25H,2,8H2,1H3,(H,23,24). The first-order chi connectivity index (χ1) is 12.8. The van der Waals surface area contributed by atoms with Crippen molar-refractivity contribution in [3.05, 3.63) is 46.8 Å². The van der Waals surface area contributed by atoms with E-state index in [-0.39, 0.29) is 12.4 Å². The van der Waals surface area contributed by atoms with Gasteiger partial charge in [-0.3, -0.25) is 4.79 Å². The molecule has 0 aromatic heterocycles. The Morgan fingerprint density at radius 2 is 1.89 bits per heavy atom. The lowest BCUT2D eigenvalue weighted by Crippen LogP contribution is -2.24. The van der Waals surface area contributed by atoms with Gasteiger partial charge in [-0.05, 0) is 91.2 Å². The molecular weight excluding hydrogens is 663 g/mol. The SMILES string of the molecule is CCOc1cc(C=NNC(=O)COc2c(Br)cc(Br)cc2Br)cc(I)c1O. The number of phenols is 1. The highest BCUT2D eigenvalue weighted by Gasteiger charge is 2.11. The van der Waals surface area contributed by atoms with Crippen molar-refractivity contribution in [3.8, 4) is 17.2 Å². The minimum atomic E-state index is -0.411. The van der Waals surface area contributed by atoms with Crippen LogP contribution in [0, 0.1) is 3.57 Å².